The average Bonchev–Trinajstić information content (AvgIpc) is 2.98. The molecule has 158 valence electrons. The van der Waals surface area contributed by atoms with E-state index in [2.05, 4.69) is 34.5 Å². The minimum atomic E-state index is -0.294. The van der Waals surface area contributed by atoms with Crippen LogP contribution in [0.4, 0.5) is 5.69 Å². The number of hydrogen-bond donors (Lipinski definition) is 1. The van der Waals surface area contributed by atoms with Crippen molar-refractivity contribution in [2.24, 2.45) is 5.92 Å². The quantitative estimate of drug-likeness (QED) is 0.797. The van der Waals surface area contributed by atoms with Crippen LogP contribution in [0.15, 0.2) is 54.6 Å². The fourth-order valence-corrected chi connectivity index (χ4v) is 4.46. The summed E-state index contributed by atoms with van der Waals surface area (Å²) in [5.41, 5.74) is 3.27. The third-order valence-corrected chi connectivity index (χ3v) is 6.13. The SMILES string of the molecule is O=C(NCc1cccc(CN2CCCCCC2)c1)C1CC(=O)N(c2ccccc2)C1. The molecule has 1 atom stereocenters. The first-order valence-electron chi connectivity index (χ1n) is 11.1. The Morgan fingerprint density at radius 3 is 2.43 bits per heavy atom. The molecule has 2 fully saturated rings. The monoisotopic (exact) mass is 405 g/mol. The minimum absolute atomic E-state index is 0.0146. The summed E-state index contributed by atoms with van der Waals surface area (Å²) in [5.74, 6) is -0.321. The van der Waals surface area contributed by atoms with Crippen LogP contribution in [0.25, 0.3) is 0 Å². The van der Waals surface area contributed by atoms with E-state index in [9.17, 15) is 9.59 Å². The Bertz CT molecular complexity index is 860. The smallest absolute Gasteiger partial charge is 0.227 e. The Morgan fingerprint density at radius 1 is 0.933 bits per heavy atom. The number of nitrogens with zero attached hydrogens (tertiary/aromatic N) is 2. The van der Waals surface area contributed by atoms with Crippen LogP contribution in [-0.4, -0.2) is 36.3 Å². The molecule has 2 aliphatic heterocycles. The van der Waals surface area contributed by atoms with E-state index in [0.29, 0.717) is 13.1 Å². The molecule has 0 bridgehead atoms. The van der Waals surface area contributed by atoms with Crippen LogP contribution in [0, 0.1) is 5.92 Å². The van der Waals surface area contributed by atoms with Crippen LogP contribution >= 0.6 is 0 Å². The van der Waals surface area contributed by atoms with Crippen molar-refractivity contribution in [3.63, 3.8) is 0 Å². The van der Waals surface area contributed by atoms with Crippen molar-refractivity contribution in [1.82, 2.24) is 10.2 Å². The number of likely N-dealkylation sites (tertiary alicyclic amines) is 1. The highest BCUT2D eigenvalue weighted by atomic mass is 16.2. The van der Waals surface area contributed by atoms with Crippen LogP contribution in [-0.2, 0) is 22.7 Å². The number of para-hydroxylation sites is 1. The number of nitrogens with one attached hydrogen (secondary N) is 1. The van der Waals surface area contributed by atoms with Crippen molar-refractivity contribution >= 4 is 17.5 Å². The van der Waals surface area contributed by atoms with Gasteiger partial charge in [-0.05, 0) is 49.2 Å². The summed E-state index contributed by atoms with van der Waals surface area (Å²) in [7, 11) is 0. The van der Waals surface area contributed by atoms with Gasteiger partial charge in [-0.2, -0.15) is 0 Å². The van der Waals surface area contributed by atoms with Crippen molar-refractivity contribution in [3.8, 4) is 0 Å². The van der Waals surface area contributed by atoms with Gasteiger partial charge in [-0.3, -0.25) is 14.5 Å². The molecule has 0 spiro atoms. The van der Waals surface area contributed by atoms with Gasteiger partial charge in [0.25, 0.3) is 0 Å². The lowest BCUT2D eigenvalue weighted by molar-refractivity contribution is -0.126. The number of rotatable bonds is 6. The second-order valence-electron chi connectivity index (χ2n) is 8.47. The predicted molar refractivity (Wildman–Crippen MR) is 119 cm³/mol. The molecular formula is C25H31N3O2. The van der Waals surface area contributed by atoms with Crippen molar-refractivity contribution in [1.29, 1.82) is 0 Å². The molecule has 2 aromatic rings. The maximum Gasteiger partial charge on any atom is 0.227 e. The molecule has 0 radical (unpaired) electrons. The van der Waals surface area contributed by atoms with Crippen LogP contribution in [0.2, 0.25) is 0 Å². The van der Waals surface area contributed by atoms with Crippen LogP contribution < -0.4 is 10.2 Å². The van der Waals surface area contributed by atoms with Gasteiger partial charge in [-0.25, -0.2) is 0 Å². The normalized spacial score (nSPS) is 20.2. The number of benzene rings is 2. The molecular weight excluding hydrogens is 374 g/mol. The average molecular weight is 406 g/mol. The molecule has 2 aliphatic rings. The Labute approximate surface area is 179 Å². The number of carbonyl (C=O) groups is 2. The van der Waals surface area contributed by atoms with Crippen LogP contribution in [0.5, 0.6) is 0 Å². The first-order valence-corrected chi connectivity index (χ1v) is 11.1. The Hall–Kier alpha value is -2.66. The van der Waals surface area contributed by atoms with E-state index >= 15 is 0 Å². The van der Waals surface area contributed by atoms with Gasteiger partial charge in [0.1, 0.15) is 0 Å². The molecule has 0 saturated carbocycles. The molecule has 1 N–H and O–H groups in total. The third kappa shape index (κ3) is 5.28. The zero-order chi connectivity index (χ0) is 20.8. The molecule has 0 aliphatic carbocycles. The highest BCUT2D eigenvalue weighted by molar-refractivity contribution is 6.00. The number of hydrogen-bond acceptors (Lipinski definition) is 3. The lowest BCUT2D eigenvalue weighted by atomic mass is 10.1. The molecule has 30 heavy (non-hydrogen) atoms. The van der Waals surface area contributed by atoms with Gasteiger partial charge in [0.05, 0.1) is 5.92 Å². The van der Waals surface area contributed by atoms with Crippen molar-refractivity contribution in [3.05, 3.63) is 65.7 Å². The standard InChI is InChI=1S/C25H31N3O2/c29-24-16-22(19-28(24)23-11-4-3-5-12-23)25(30)26-17-20-9-8-10-21(15-20)18-27-13-6-1-2-7-14-27/h3-5,8-12,15,22H,1-2,6-7,13-14,16-19H2,(H,26,30). The molecule has 1 unspecified atom stereocenters. The lowest BCUT2D eigenvalue weighted by Crippen LogP contribution is -2.32. The van der Waals surface area contributed by atoms with Crippen molar-refractivity contribution < 1.29 is 9.59 Å². The molecule has 2 heterocycles. The van der Waals surface area contributed by atoms with Crippen LogP contribution in [0.1, 0.15) is 43.2 Å². The fourth-order valence-electron chi connectivity index (χ4n) is 4.46. The van der Waals surface area contributed by atoms with Crippen molar-refractivity contribution in [2.45, 2.75) is 45.2 Å². The van der Waals surface area contributed by atoms with Gasteiger partial charge in [0, 0.05) is 31.7 Å². The fraction of sp³-hybridized carbons (Fsp3) is 0.440. The van der Waals surface area contributed by atoms with Gasteiger partial charge < -0.3 is 10.2 Å². The third-order valence-electron chi connectivity index (χ3n) is 6.13. The summed E-state index contributed by atoms with van der Waals surface area (Å²) >= 11 is 0. The predicted octanol–water partition coefficient (Wildman–Crippen LogP) is 3.73. The second kappa shape index (κ2) is 9.90. The number of anilines is 1. The van der Waals surface area contributed by atoms with E-state index in [4.69, 9.17) is 0 Å². The minimum Gasteiger partial charge on any atom is -0.352 e. The van der Waals surface area contributed by atoms with Crippen molar-refractivity contribution in [2.75, 3.05) is 24.5 Å². The molecule has 2 aromatic carbocycles. The summed E-state index contributed by atoms with van der Waals surface area (Å²) in [6.07, 6.45) is 5.53. The maximum absolute atomic E-state index is 12.7. The Balaban J connectivity index is 1.30. The van der Waals surface area contributed by atoms with Gasteiger partial charge in [0.15, 0.2) is 0 Å². The van der Waals surface area contributed by atoms with Gasteiger partial charge >= 0.3 is 0 Å². The summed E-state index contributed by atoms with van der Waals surface area (Å²) < 4.78 is 0. The summed E-state index contributed by atoms with van der Waals surface area (Å²) in [5, 5.41) is 3.04. The first kappa shape index (κ1) is 20.6. The topological polar surface area (TPSA) is 52.7 Å². The maximum atomic E-state index is 12.7. The lowest BCUT2D eigenvalue weighted by Gasteiger charge is -2.20. The van der Waals surface area contributed by atoms with E-state index in [1.807, 2.05) is 30.3 Å². The zero-order valence-electron chi connectivity index (χ0n) is 17.6. The van der Waals surface area contributed by atoms with E-state index in [1.165, 1.54) is 44.3 Å². The van der Waals surface area contributed by atoms with E-state index in [0.717, 1.165) is 17.8 Å². The zero-order valence-corrected chi connectivity index (χ0v) is 17.6. The largest absolute Gasteiger partial charge is 0.352 e. The first-order chi connectivity index (χ1) is 14.7. The molecule has 4 rings (SSSR count). The van der Waals surface area contributed by atoms with Crippen LogP contribution in [0.3, 0.4) is 0 Å². The second-order valence-corrected chi connectivity index (χ2v) is 8.47. The highest BCUT2D eigenvalue weighted by Gasteiger charge is 2.34. The highest BCUT2D eigenvalue weighted by Crippen LogP contribution is 2.25. The molecule has 0 aromatic heterocycles. The number of carbonyl (C=O) groups excluding carboxylic acids is 2. The van der Waals surface area contributed by atoms with Gasteiger partial charge in [-0.1, -0.05) is 55.3 Å². The van der Waals surface area contributed by atoms with Gasteiger partial charge in [-0.15, -0.1) is 0 Å². The summed E-state index contributed by atoms with van der Waals surface area (Å²) in [6.45, 7) is 4.28. The molecule has 2 amide bonds. The van der Waals surface area contributed by atoms with Gasteiger partial charge in [0.2, 0.25) is 11.8 Å². The molecule has 5 heteroatoms. The molecule has 2 saturated heterocycles. The number of amides is 2. The van der Waals surface area contributed by atoms with E-state index < -0.39 is 0 Å². The van der Waals surface area contributed by atoms with E-state index in [-0.39, 0.29) is 24.2 Å². The molecule has 5 nitrogen and oxygen atoms in total. The van der Waals surface area contributed by atoms with E-state index in [1.54, 1.807) is 4.90 Å². The summed E-state index contributed by atoms with van der Waals surface area (Å²) in [4.78, 5) is 29.3. The summed E-state index contributed by atoms with van der Waals surface area (Å²) in [6, 6.07) is 18.1. The Kier molecular flexibility index (Phi) is 6.80. The Morgan fingerprint density at radius 2 is 1.67 bits per heavy atom.